The number of likely N-dealkylation sites (N-methyl/N-ethyl adjacent to an activating group) is 1. The molecule has 1 aromatic carbocycles. The largest absolute Gasteiger partial charge is 0.491 e. The number of nitrogens with zero attached hydrogens (tertiary/aromatic N) is 1. The van der Waals surface area contributed by atoms with Gasteiger partial charge in [-0.2, -0.15) is 0 Å². The summed E-state index contributed by atoms with van der Waals surface area (Å²) in [4.78, 5) is 2.23. The molecular formula is C14H22FN3O. The fraction of sp³-hybridized carbons (Fsp3) is 0.571. The number of halogens is 1. The normalized spacial score (nSPS) is 22.2. The van der Waals surface area contributed by atoms with Crippen molar-refractivity contribution in [1.82, 2.24) is 10.2 Å². The van der Waals surface area contributed by atoms with Gasteiger partial charge in [-0.15, -0.1) is 0 Å². The SMILES string of the molecule is CCOc1ccc(C(N)C2CN(C)CCN2)cc1F. The molecule has 4 nitrogen and oxygen atoms in total. The third-order valence-corrected chi connectivity index (χ3v) is 3.48. The van der Waals surface area contributed by atoms with Crippen LogP contribution in [0.15, 0.2) is 18.2 Å². The van der Waals surface area contributed by atoms with Gasteiger partial charge in [0.05, 0.1) is 6.61 Å². The second kappa shape index (κ2) is 6.32. The summed E-state index contributed by atoms with van der Waals surface area (Å²) >= 11 is 0. The van der Waals surface area contributed by atoms with Crippen molar-refractivity contribution < 1.29 is 9.13 Å². The molecule has 5 heteroatoms. The summed E-state index contributed by atoms with van der Waals surface area (Å²) in [5, 5.41) is 3.39. The van der Waals surface area contributed by atoms with E-state index >= 15 is 0 Å². The van der Waals surface area contributed by atoms with Crippen molar-refractivity contribution in [3.8, 4) is 5.75 Å². The van der Waals surface area contributed by atoms with Gasteiger partial charge in [0.2, 0.25) is 0 Å². The summed E-state index contributed by atoms with van der Waals surface area (Å²) in [6, 6.07) is 4.91. The van der Waals surface area contributed by atoms with Crippen molar-refractivity contribution in [3.63, 3.8) is 0 Å². The fourth-order valence-electron chi connectivity index (χ4n) is 2.40. The van der Waals surface area contributed by atoms with Crippen LogP contribution in [0.3, 0.4) is 0 Å². The molecular weight excluding hydrogens is 245 g/mol. The summed E-state index contributed by atoms with van der Waals surface area (Å²) in [5.74, 6) is -0.0638. The van der Waals surface area contributed by atoms with Crippen molar-refractivity contribution in [2.24, 2.45) is 5.73 Å². The molecule has 1 fully saturated rings. The lowest BCUT2D eigenvalue weighted by molar-refractivity contribution is 0.219. The summed E-state index contributed by atoms with van der Waals surface area (Å²) in [6.07, 6.45) is 0. The molecule has 0 spiro atoms. The van der Waals surface area contributed by atoms with Gasteiger partial charge >= 0.3 is 0 Å². The lowest BCUT2D eigenvalue weighted by Crippen LogP contribution is -2.53. The van der Waals surface area contributed by atoms with Gasteiger partial charge in [-0.3, -0.25) is 0 Å². The Balaban J connectivity index is 2.10. The zero-order chi connectivity index (χ0) is 13.8. The molecule has 1 aromatic rings. The van der Waals surface area contributed by atoms with E-state index in [0.717, 1.165) is 25.2 Å². The molecule has 1 heterocycles. The van der Waals surface area contributed by atoms with E-state index in [1.54, 1.807) is 6.07 Å². The number of hydrogen-bond donors (Lipinski definition) is 2. The van der Waals surface area contributed by atoms with Crippen LogP contribution in [0.5, 0.6) is 5.75 Å². The Morgan fingerprint density at radius 2 is 2.37 bits per heavy atom. The molecule has 2 atom stereocenters. The van der Waals surface area contributed by atoms with E-state index in [4.69, 9.17) is 10.5 Å². The van der Waals surface area contributed by atoms with Gasteiger partial charge < -0.3 is 20.7 Å². The Labute approximate surface area is 113 Å². The van der Waals surface area contributed by atoms with Crippen LogP contribution in [-0.2, 0) is 0 Å². The minimum absolute atomic E-state index is 0.149. The molecule has 2 rings (SSSR count). The Morgan fingerprint density at radius 3 is 3.00 bits per heavy atom. The van der Waals surface area contributed by atoms with E-state index in [-0.39, 0.29) is 23.7 Å². The topological polar surface area (TPSA) is 50.5 Å². The minimum atomic E-state index is -0.348. The zero-order valence-electron chi connectivity index (χ0n) is 11.5. The third kappa shape index (κ3) is 3.43. The average Bonchev–Trinajstić information content (AvgIpc) is 2.40. The molecule has 3 N–H and O–H groups in total. The highest BCUT2D eigenvalue weighted by Gasteiger charge is 2.24. The first-order valence-electron chi connectivity index (χ1n) is 6.71. The molecule has 1 aliphatic rings. The highest BCUT2D eigenvalue weighted by atomic mass is 19.1. The van der Waals surface area contributed by atoms with Gasteiger partial charge in [0.1, 0.15) is 0 Å². The van der Waals surface area contributed by atoms with Crippen molar-refractivity contribution in [2.45, 2.75) is 19.0 Å². The molecule has 0 radical (unpaired) electrons. The molecule has 0 saturated carbocycles. The van der Waals surface area contributed by atoms with Crippen molar-refractivity contribution in [1.29, 1.82) is 0 Å². The van der Waals surface area contributed by atoms with Crippen LogP contribution in [0.4, 0.5) is 4.39 Å². The lowest BCUT2D eigenvalue weighted by Gasteiger charge is -2.34. The van der Waals surface area contributed by atoms with E-state index in [1.165, 1.54) is 6.07 Å². The Bertz CT molecular complexity index is 427. The van der Waals surface area contributed by atoms with Crippen LogP contribution in [0, 0.1) is 5.82 Å². The lowest BCUT2D eigenvalue weighted by atomic mass is 9.98. The van der Waals surface area contributed by atoms with Crippen LogP contribution in [0.1, 0.15) is 18.5 Å². The van der Waals surface area contributed by atoms with Crippen LogP contribution >= 0.6 is 0 Å². The number of ether oxygens (including phenoxy) is 1. The molecule has 0 aromatic heterocycles. The molecule has 19 heavy (non-hydrogen) atoms. The van der Waals surface area contributed by atoms with Gasteiger partial charge in [-0.05, 0) is 31.7 Å². The van der Waals surface area contributed by atoms with Gasteiger partial charge in [0, 0.05) is 31.7 Å². The maximum absolute atomic E-state index is 13.8. The Hall–Kier alpha value is -1.17. The molecule has 0 bridgehead atoms. The van der Waals surface area contributed by atoms with E-state index in [1.807, 2.05) is 13.0 Å². The van der Waals surface area contributed by atoms with Crippen molar-refractivity contribution in [3.05, 3.63) is 29.6 Å². The maximum Gasteiger partial charge on any atom is 0.165 e. The second-order valence-corrected chi connectivity index (χ2v) is 4.97. The third-order valence-electron chi connectivity index (χ3n) is 3.48. The fourth-order valence-corrected chi connectivity index (χ4v) is 2.40. The van der Waals surface area contributed by atoms with Crippen LogP contribution < -0.4 is 15.8 Å². The molecule has 2 unspecified atom stereocenters. The minimum Gasteiger partial charge on any atom is -0.491 e. The predicted octanol–water partition coefficient (Wildman–Crippen LogP) is 1.13. The highest BCUT2D eigenvalue weighted by molar-refractivity contribution is 5.31. The number of hydrogen-bond acceptors (Lipinski definition) is 4. The van der Waals surface area contributed by atoms with Gasteiger partial charge in [-0.1, -0.05) is 6.07 Å². The van der Waals surface area contributed by atoms with Crippen LogP contribution in [0.25, 0.3) is 0 Å². The second-order valence-electron chi connectivity index (χ2n) is 4.97. The molecule has 0 amide bonds. The van der Waals surface area contributed by atoms with E-state index in [0.29, 0.717) is 6.61 Å². The molecule has 1 aliphatic heterocycles. The maximum atomic E-state index is 13.8. The highest BCUT2D eigenvalue weighted by Crippen LogP contribution is 2.23. The van der Waals surface area contributed by atoms with Crippen LogP contribution in [0.2, 0.25) is 0 Å². The van der Waals surface area contributed by atoms with Crippen molar-refractivity contribution >= 4 is 0 Å². The Kier molecular flexibility index (Phi) is 4.74. The van der Waals surface area contributed by atoms with Crippen LogP contribution in [-0.4, -0.2) is 44.2 Å². The van der Waals surface area contributed by atoms with E-state index in [2.05, 4.69) is 17.3 Å². The quantitative estimate of drug-likeness (QED) is 0.858. The Morgan fingerprint density at radius 1 is 1.58 bits per heavy atom. The van der Waals surface area contributed by atoms with Gasteiger partial charge in [0.25, 0.3) is 0 Å². The number of nitrogens with two attached hydrogens (primary N) is 1. The summed E-state index contributed by atoms with van der Waals surface area (Å²) in [6.45, 7) is 5.09. The van der Waals surface area contributed by atoms with E-state index < -0.39 is 0 Å². The number of rotatable bonds is 4. The summed E-state index contributed by atoms with van der Waals surface area (Å²) in [7, 11) is 2.07. The van der Waals surface area contributed by atoms with Gasteiger partial charge in [-0.25, -0.2) is 4.39 Å². The number of benzene rings is 1. The average molecular weight is 267 g/mol. The van der Waals surface area contributed by atoms with Crippen molar-refractivity contribution in [2.75, 3.05) is 33.3 Å². The molecule has 106 valence electrons. The molecule has 0 aliphatic carbocycles. The smallest absolute Gasteiger partial charge is 0.165 e. The molecule has 1 saturated heterocycles. The zero-order valence-corrected chi connectivity index (χ0v) is 11.5. The first-order chi connectivity index (χ1) is 9.11. The number of piperazine rings is 1. The first-order valence-corrected chi connectivity index (χ1v) is 6.71. The number of nitrogens with one attached hydrogen (secondary N) is 1. The standard InChI is InChI=1S/C14H22FN3O/c1-3-19-13-5-4-10(8-11(13)15)14(16)12-9-18(2)7-6-17-12/h4-5,8,12,14,17H,3,6-7,9,16H2,1-2H3. The predicted molar refractivity (Wildman–Crippen MR) is 73.8 cm³/mol. The first kappa shape index (κ1) is 14.2. The van der Waals surface area contributed by atoms with Gasteiger partial charge in [0.15, 0.2) is 11.6 Å². The summed E-state index contributed by atoms with van der Waals surface area (Å²) in [5.41, 5.74) is 7.03. The summed E-state index contributed by atoms with van der Waals surface area (Å²) < 4.78 is 19.0. The van der Waals surface area contributed by atoms with E-state index in [9.17, 15) is 4.39 Å². The monoisotopic (exact) mass is 267 g/mol.